The summed E-state index contributed by atoms with van der Waals surface area (Å²) < 4.78 is 0. The Bertz CT molecular complexity index is 494. The van der Waals surface area contributed by atoms with Gasteiger partial charge in [0.15, 0.2) is 0 Å². The fourth-order valence-corrected chi connectivity index (χ4v) is 3.66. The number of thiophene rings is 1. The third-order valence-electron chi connectivity index (χ3n) is 3.43. The number of carboxylic acid groups (broad SMARTS) is 1. The van der Waals surface area contributed by atoms with E-state index >= 15 is 0 Å². The van der Waals surface area contributed by atoms with Gasteiger partial charge in [-0.2, -0.15) is 0 Å². The Kier molecular flexibility index (Phi) is 4.47. The second kappa shape index (κ2) is 5.92. The van der Waals surface area contributed by atoms with Crippen molar-refractivity contribution in [3.63, 3.8) is 0 Å². The number of carbonyl (C=O) groups is 2. The number of nitrogens with zero attached hydrogens (tertiary/aromatic N) is 1. The van der Waals surface area contributed by atoms with Gasteiger partial charge in [0, 0.05) is 6.04 Å². The van der Waals surface area contributed by atoms with Crippen molar-refractivity contribution in [2.45, 2.75) is 38.6 Å². The average Bonchev–Trinajstić information content (AvgIpc) is 2.97. The smallest absolute Gasteiger partial charge is 0.323 e. The summed E-state index contributed by atoms with van der Waals surface area (Å²) in [7, 11) is 0. The lowest BCUT2D eigenvalue weighted by atomic mass is 10.2. The molecule has 0 spiro atoms. The predicted octanol–water partition coefficient (Wildman–Crippen LogP) is 3.18. The number of amides is 1. The monoisotopic (exact) mass is 301 g/mol. The fourth-order valence-electron chi connectivity index (χ4n) is 2.43. The number of hydrogen-bond donors (Lipinski definition) is 1. The van der Waals surface area contributed by atoms with Gasteiger partial charge in [-0.05, 0) is 30.7 Å². The van der Waals surface area contributed by atoms with Crippen molar-refractivity contribution in [2.24, 2.45) is 0 Å². The Hall–Kier alpha value is -1.07. The van der Waals surface area contributed by atoms with Crippen LogP contribution in [-0.4, -0.2) is 34.5 Å². The molecule has 1 amide bonds. The highest BCUT2D eigenvalue weighted by molar-refractivity contribution is 7.13. The van der Waals surface area contributed by atoms with Gasteiger partial charge >= 0.3 is 5.97 Å². The molecule has 0 unspecified atom stereocenters. The van der Waals surface area contributed by atoms with Crippen LogP contribution in [0.2, 0.25) is 5.02 Å². The first-order valence-electron chi connectivity index (χ1n) is 6.27. The number of carbonyl (C=O) groups excluding carboxylic acids is 1. The first kappa shape index (κ1) is 14.3. The maximum atomic E-state index is 12.5. The summed E-state index contributed by atoms with van der Waals surface area (Å²) in [5.74, 6) is -1.23. The van der Waals surface area contributed by atoms with E-state index in [9.17, 15) is 9.59 Å². The number of aliphatic carboxylic acids is 1. The van der Waals surface area contributed by atoms with Crippen LogP contribution in [0, 0.1) is 6.92 Å². The van der Waals surface area contributed by atoms with Crippen molar-refractivity contribution in [3.05, 3.63) is 20.8 Å². The van der Waals surface area contributed by atoms with Crippen LogP contribution in [-0.2, 0) is 4.79 Å². The van der Waals surface area contributed by atoms with Gasteiger partial charge in [-0.3, -0.25) is 9.59 Å². The van der Waals surface area contributed by atoms with Gasteiger partial charge in [-0.15, -0.1) is 11.3 Å². The molecule has 1 aliphatic rings. The summed E-state index contributed by atoms with van der Waals surface area (Å²) in [6, 6.07) is 0.0297. The Labute approximate surface area is 121 Å². The maximum Gasteiger partial charge on any atom is 0.323 e. The molecular formula is C13H16ClNO3S. The van der Waals surface area contributed by atoms with Crippen LogP contribution in [0.3, 0.4) is 0 Å². The highest BCUT2D eigenvalue weighted by Crippen LogP contribution is 2.31. The molecule has 0 aromatic carbocycles. The number of carboxylic acids is 1. The van der Waals surface area contributed by atoms with E-state index in [-0.39, 0.29) is 18.5 Å². The van der Waals surface area contributed by atoms with Crippen LogP contribution >= 0.6 is 22.9 Å². The molecule has 0 bridgehead atoms. The molecule has 1 aromatic rings. The third kappa shape index (κ3) is 3.09. The number of hydrogen-bond acceptors (Lipinski definition) is 3. The van der Waals surface area contributed by atoms with Crippen LogP contribution in [0.5, 0.6) is 0 Å². The molecule has 2 rings (SSSR count). The van der Waals surface area contributed by atoms with Crippen LogP contribution in [0.25, 0.3) is 0 Å². The molecule has 1 saturated carbocycles. The van der Waals surface area contributed by atoms with E-state index in [0.717, 1.165) is 31.2 Å². The van der Waals surface area contributed by atoms with E-state index in [0.29, 0.717) is 9.90 Å². The lowest BCUT2D eigenvalue weighted by Gasteiger charge is -2.27. The Morgan fingerprint density at radius 1 is 1.47 bits per heavy atom. The van der Waals surface area contributed by atoms with E-state index in [1.807, 2.05) is 12.3 Å². The van der Waals surface area contributed by atoms with E-state index in [1.54, 1.807) is 0 Å². The van der Waals surface area contributed by atoms with Gasteiger partial charge in [0.1, 0.15) is 11.4 Å². The van der Waals surface area contributed by atoms with E-state index < -0.39 is 5.97 Å². The van der Waals surface area contributed by atoms with Crippen molar-refractivity contribution >= 4 is 34.8 Å². The Balaban J connectivity index is 2.24. The molecule has 1 fully saturated rings. The quantitative estimate of drug-likeness (QED) is 0.929. The summed E-state index contributed by atoms with van der Waals surface area (Å²) in [6.45, 7) is 1.59. The lowest BCUT2D eigenvalue weighted by Crippen LogP contribution is -2.42. The zero-order valence-electron chi connectivity index (χ0n) is 10.7. The van der Waals surface area contributed by atoms with Crippen molar-refractivity contribution < 1.29 is 14.7 Å². The molecule has 0 aliphatic heterocycles. The van der Waals surface area contributed by atoms with Crippen molar-refractivity contribution in [1.29, 1.82) is 0 Å². The van der Waals surface area contributed by atoms with Gasteiger partial charge in [-0.1, -0.05) is 24.4 Å². The van der Waals surface area contributed by atoms with Crippen molar-refractivity contribution in [3.8, 4) is 0 Å². The van der Waals surface area contributed by atoms with Gasteiger partial charge in [0.05, 0.1) is 5.02 Å². The van der Waals surface area contributed by atoms with E-state index in [4.69, 9.17) is 16.7 Å². The van der Waals surface area contributed by atoms with Gasteiger partial charge in [0.25, 0.3) is 5.91 Å². The SMILES string of the molecule is Cc1csc(C(=O)N(CC(=O)O)C2CCCC2)c1Cl. The zero-order chi connectivity index (χ0) is 14.0. The Morgan fingerprint density at radius 2 is 2.11 bits per heavy atom. The molecule has 6 heteroatoms. The summed E-state index contributed by atoms with van der Waals surface area (Å²) in [4.78, 5) is 25.4. The summed E-state index contributed by atoms with van der Waals surface area (Å²) in [5, 5.41) is 11.3. The summed E-state index contributed by atoms with van der Waals surface area (Å²) in [5.41, 5.74) is 0.858. The molecule has 1 heterocycles. The minimum absolute atomic E-state index is 0.0297. The van der Waals surface area contributed by atoms with Crippen LogP contribution in [0.4, 0.5) is 0 Å². The molecular weight excluding hydrogens is 286 g/mol. The third-order valence-corrected chi connectivity index (χ3v) is 5.11. The minimum Gasteiger partial charge on any atom is -0.480 e. The zero-order valence-corrected chi connectivity index (χ0v) is 12.3. The number of rotatable bonds is 4. The van der Waals surface area contributed by atoms with Crippen molar-refractivity contribution in [2.75, 3.05) is 6.54 Å². The van der Waals surface area contributed by atoms with Gasteiger partial charge in [0.2, 0.25) is 0 Å². The highest BCUT2D eigenvalue weighted by Gasteiger charge is 2.31. The topological polar surface area (TPSA) is 57.6 Å². The number of halogens is 1. The average molecular weight is 302 g/mol. The van der Waals surface area contributed by atoms with Crippen LogP contribution in [0.1, 0.15) is 40.9 Å². The van der Waals surface area contributed by atoms with Gasteiger partial charge in [-0.25, -0.2) is 0 Å². The first-order valence-corrected chi connectivity index (χ1v) is 7.53. The maximum absolute atomic E-state index is 12.5. The van der Waals surface area contributed by atoms with E-state index in [2.05, 4.69) is 0 Å². The molecule has 1 N–H and O–H groups in total. The second-order valence-corrected chi connectivity index (χ2v) is 6.08. The summed E-state index contributed by atoms with van der Waals surface area (Å²) in [6.07, 6.45) is 3.85. The molecule has 0 atom stereocenters. The molecule has 0 saturated heterocycles. The summed E-state index contributed by atoms with van der Waals surface area (Å²) >= 11 is 7.39. The lowest BCUT2D eigenvalue weighted by molar-refractivity contribution is -0.138. The molecule has 4 nitrogen and oxygen atoms in total. The second-order valence-electron chi connectivity index (χ2n) is 4.83. The largest absolute Gasteiger partial charge is 0.480 e. The molecule has 19 heavy (non-hydrogen) atoms. The molecule has 104 valence electrons. The van der Waals surface area contributed by atoms with Crippen molar-refractivity contribution in [1.82, 2.24) is 4.90 Å². The standard InChI is InChI=1S/C13H16ClNO3S/c1-8-7-19-12(11(8)14)13(18)15(6-10(16)17)9-4-2-3-5-9/h7,9H,2-6H2,1H3,(H,16,17). The van der Waals surface area contributed by atoms with Crippen LogP contribution in [0.15, 0.2) is 5.38 Å². The predicted molar refractivity (Wildman–Crippen MR) is 75.0 cm³/mol. The minimum atomic E-state index is -0.982. The van der Waals surface area contributed by atoms with Crippen LogP contribution < -0.4 is 0 Å². The fraction of sp³-hybridized carbons (Fsp3) is 0.538. The Morgan fingerprint density at radius 3 is 2.58 bits per heavy atom. The molecule has 0 radical (unpaired) electrons. The van der Waals surface area contributed by atoms with Gasteiger partial charge < -0.3 is 10.0 Å². The van der Waals surface area contributed by atoms with E-state index in [1.165, 1.54) is 16.2 Å². The molecule has 1 aromatic heterocycles. The molecule has 1 aliphatic carbocycles. The number of aryl methyl sites for hydroxylation is 1. The highest BCUT2D eigenvalue weighted by atomic mass is 35.5. The first-order chi connectivity index (χ1) is 9.00. The normalized spacial score (nSPS) is 15.7.